The van der Waals surface area contributed by atoms with Crippen LogP contribution in [0.2, 0.25) is 0 Å². The number of nitrogens with one attached hydrogen (secondary N) is 1. The zero-order chi connectivity index (χ0) is 14.4. The van der Waals surface area contributed by atoms with Crippen molar-refractivity contribution in [2.24, 2.45) is 5.92 Å². The third-order valence-corrected chi connectivity index (χ3v) is 6.19. The van der Waals surface area contributed by atoms with Crippen LogP contribution in [0.15, 0.2) is 4.90 Å². The van der Waals surface area contributed by atoms with Gasteiger partial charge in [-0.15, -0.1) is 0 Å². The van der Waals surface area contributed by atoms with E-state index < -0.39 is 15.6 Å². The Kier molecular flexibility index (Phi) is 3.49. The SMILES string of the molecule is Cc1n[nH]c(C)c1S(=O)(=O)N1CC[C@](C)(O)[C@H](C)C1. The van der Waals surface area contributed by atoms with Gasteiger partial charge in [-0.25, -0.2) is 8.42 Å². The number of sulfonamides is 1. The minimum Gasteiger partial charge on any atom is -0.390 e. The lowest BCUT2D eigenvalue weighted by Crippen LogP contribution is -2.50. The predicted octanol–water partition coefficient (Wildman–Crippen LogP) is 0.808. The number of piperidine rings is 1. The van der Waals surface area contributed by atoms with Crippen LogP contribution in [0.4, 0.5) is 0 Å². The molecule has 1 aliphatic rings. The van der Waals surface area contributed by atoms with Crippen LogP contribution < -0.4 is 0 Å². The van der Waals surface area contributed by atoms with Gasteiger partial charge in [-0.1, -0.05) is 6.92 Å². The molecule has 2 N–H and O–H groups in total. The van der Waals surface area contributed by atoms with E-state index in [9.17, 15) is 13.5 Å². The van der Waals surface area contributed by atoms with Gasteiger partial charge in [0.05, 0.1) is 17.0 Å². The molecule has 1 saturated heterocycles. The number of aromatic nitrogens is 2. The highest BCUT2D eigenvalue weighted by Crippen LogP contribution is 2.31. The second-order valence-electron chi connectivity index (χ2n) is 5.63. The van der Waals surface area contributed by atoms with E-state index in [0.717, 1.165) is 0 Å². The summed E-state index contributed by atoms with van der Waals surface area (Å²) in [6.07, 6.45) is 0.448. The zero-order valence-corrected chi connectivity index (χ0v) is 12.6. The van der Waals surface area contributed by atoms with Gasteiger partial charge in [0.2, 0.25) is 10.0 Å². The van der Waals surface area contributed by atoms with Crippen molar-refractivity contribution in [1.29, 1.82) is 0 Å². The first kappa shape index (κ1) is 14.5. The highest BCUT2D eigenvalue weighted by atomic mass is 32.2. The molecule has 0 aliphatic carbocycles. The van der Waals surface area contributed by atoms with Gasteiger partial charge < -0.3 is 5.11 Å². The van der Waals surface area contributed by atoms with Crippen LogP contribution in [0.5, 0.6) is 0 Å². The molecule has 0 radical (unpaired) electrons. The number of rotatable bonds is 2. The third-order valence-electron chi connectivity index (χ3n) is 4.06. The molecule has 2 atom stereocenters. The normalized spacial score (nSPS) is 29.6. The average Bonchev–Trinajstić information content (AvgIpc) is 2.62. The molecule has 6 nitrogen and oxygen atoms in total. The van der Waals surface area contributed by atoms with Crippen LogP contribution in [0, 0.1) is 19.8 Å². The summed E-state index contributed by atoms with van der Waals surface area (Å²) < 4.78 is 26.7. The summed E-state index contributed by atoms with van der Waals surface area (Å²) in [5.74, 6) is -0.0939. The van der Waals surface area contributed by atoms with E-state index in [1.165, 1.54) is 4.31 Å². The first-order valence-corrected chi connectivity index (χ1v) is 7.84. The van der Waals surface area contributed by atoms with E-state index in [1.54, 1.807) is 20.8 Å². The van der Waals surface area contributed by atoms with Crippen molar-refractivity contribution in [1.82, 2.24) is 14.5 Å². The Balaban J connectivity index is 2.33. The molecule has 7 heteroatoms. The predicted molar refractivity (Wildman–Crippen MR) is 71.2 cm³/mol. The maximum Gasteiger partial charge on any atom is 0.246 e. The van der Waals surface area contributed by atoms with Gasteiger partial charge in [-0.3, -0.25) is 5.10 Å². The molecular weight excluding hydrogens is 266 g/mol. The second-order valence-corrected chi connectivity index (χ2v) is 7.51. The van der Waals surface area contributed by atoms with E-state index in [2.05, 4.69) is 10.2 Å². The van der Waals surface area contributed by atoms with Gasteiger partial charge in [-0.2, -0.15) is 9.40 Å². The van der Waals surface area contributed by atoms with Crippen LogP contribution in [0.25, 0.3) is 0 Å². The molecule has 2 heterocycles. The molecule has 0 unspecified atom stereocenters. The Morgan fingerprint density at radius 1 is 1.47 bits per heavy atom. The van der Waals surface area contributed by atoms with E-state index in [-0.39, 0.29) is 10.8 Å². The van der Waals surface area contributed by atoms with Crippen LogP contribution in [0.1, 0.15) is 31.7 Å². The summed E-state index contributed by atoms with van der Waals surface area (Å²) in [4.78, 5) is 0.265. The molecule has 0 bridgehead atoms. The molecule has 19 heavy (non-hydrogen) atoms. The largest absolute Gasteiger partial charge is 0.390 e. The van der Waals surface area contributed by atoms with Crippen molar-refractivity contribution in [3.8, 4) is 0 Å². The van der Waals surface area contributed by atoms with Gasteiger partial charge in [0.15, 0.2) is 0 Å². The first-order chi connectivity index (χ1) is 8.66. The van der Waals surface area contributed by atoms with Crippen molar-refractivity contribution < 1.29 is 13.5 Å². The van der Waals surface area contributed by atoms with Gasteiger partial charge in [0.25, 0.3) is 0 Å². The molecule has 0 spiro atoms. The summed E-state index contributed by atoms with van der Waals surface area (Å²) in [5, 5.41) is 16.8. The fourth-order valence-electron chi connectivity index (χ4n) is 2.46. The Morgan fingerprint density at radius 3 is 2.58 bits per heavy atom. The van der Waals surface area contributed by atoms with E-state index >= 15 is 0 Å². The summed E-state index contributed by atoms with van der Waals surface area (Å²) in [7, 11) is -3.53. The lowest BCUT2D eigenvalue weighted by Gasteiger charge is -2.40. The van der Waals surface area contributed by atoms with Crippen molar-refractivity contribution in [2.45, 2.75) is 44.6 Å². The number of hydrogen-bond donors (Lipinski definition) is 2. The molecule has 1 aromatic heterocycles. The maximum absolute atomic E-state index is 12.6. The van der Waals surface area contributed by atoms with Gasteiger partial charge in [0.1, 0.15) is 4.90 Å². The fourth-order valence-corrected chi connectivity index (χ4v) is 4.32. The smallest absolute Gasteiger partial charge is 0.246 e. The standard InChI is InChI=1S/C12H21N3O3S/c1-8-7-15(6-5-12(8,4)16)19(17,18)11-9(2)13-14-10(11)3/h8,16H,5-7H2,1-4H3,(H,13,14)/t8-,12+/m1/s1. The number of aliphatic hydroxyl groups is 1. The van der Waals surface area contributed by atoms with Gasteiger partial charge >= 0.3 is 0 Å². The molecule has 1 fully saturated rings. The van der Waals surface area contributed by atoms with E-state index in [0.29, 0.717) is 30.9 Å². The summed E-state index contributed by atoms with van der Waals surface area (Å²) >= 11 is 0. The topological polar surface area (TPSA) is 86.3 Å². The van der Waals surface area contributed by atoms with Crippen LogP contribution in [-0.4, -0.2) is 46.7 Å². The van der Waals surface area contributed by atoms with Crippen molar-refractivity contribution in [2.75, 3.05) is 13.1 Å². The highest BCUT2D eigenvalue weighted by Gasteiger charge is 2.40. The molecule has 0 aromatic carbocycles. The van der Waals surface area contributed by atoms with Crippen LogP contribution in [0.3, 0.4) is 0 Å². The summed E-state index contributed by atoms with van der Waals surface area (Å²) in [6, 6.07) is 0. The Hall–Kier alpha value is -0.920. The number of H-pyrrole nitrogens is 1. The molecular formula is C12H21N3O3S. The third kappa shape index (κ3) is 2.42. The minimum atomic E-state index is -3.53. The highest BCUT2D eigenvalue weighted by molar-refractivity contribution is 7.89. The lowest BCUT2D eigenvalue weighted by molar-refractivity contribution is -0.0333. The average molecular weight is 287 g/mol. The number of hydrogen-bond acceptors (Lipinski definition) is 4. The molecule has 0 saturated carbocycles. The Bertz CT molecular complexity index is 558. The Labute approximate surface area is 113 Å². The monoisotopic (exact) mass is 287 g/mol. The summed E-state index contributed by atoms with van der Waals surface area (Å²) in [6.45, 7) is 7.69. The molecule has 0 amide bonds. The molecule has 2 rings (SSSR count). The van der Waals surface area contributed by atoms with Gasteiger partial charge in [0, 0.05) is 13.1 Å². The van der Waals surface area contributed by atoms with Crippen molar-refractivity contribution in [3.05, 3.63) is 11.4 Å². The van der Waals surface area contributed by atoms with E-state index in [1.807, 2.05) is 6.92 Å². The second kappa shape index (κ2) is 4.57. The summed E-state index contributed by atoms with van der Waals surface area (Å²) in [5.41, 5.74) is 0.247. The number of aromatic amines is 1. The lowest BCUT2D eigenvalue weighted by atomic mass is 9.85. The molecule has 1 aliphatic heterocycles. The first-order valence-electron chi connectivity index (χ1n) is 6.40. The van der Waals surface area contributed by atoms with Crippen molar-refractivity contribution in [3.63, 3.8) is 0 Å². The van der Waals surface area contributed by atoms with Crippen molar-refractivity contribution >= 4 is 10.0 Å². The fraction of sp³-hybridized carbons (Fsp3) is 0.750. The molecule has 1 aromatic rings. The Morgan fingerprint density at radius 2 is 2.11 bits per heavy atom. The van der Waals surface area contributed by atoms with Crippen LogP contribution >= 0.6 is 0 Å². The van der Waals surface area contributed by atoms with Crippen LogP contribution in [-0.2, 0) is 10.0 Å². The maximum atomic E-state index is 12.6. The van der Waals surface area contributed by atoms with E-state index in [4.69, 9.17) is 0 Å². The number of aryl methyl sites for hydroxylation is 2. The zero-order valence-electron chi connectivity index (χ0n) is 11.8. The minimum absolute atomic E-state index is 0.0939. The molecule has 108 valence electrons. The number of nitrogens with zero attached hydrogens (tertiary/aromatic N) is 2. The quantitative estimate of drug-likeness (QED) is 0.842. The van der Waals surface area contributed by atoms with Gasteiger partial charge in [-0.05, 0) is 33.1 Å².